The molecule has 1 heteroatoms. The van der Waals surface area contributed by atoms with Crippen LogP contribution in [-0.4, -0.2) is 0 Å². The van der Waals surface area contributed by atoms with Crippen LogP contribution in [0.25, 0.3) is 32.3 Å². The molecule has 0 heterocycles. The molecule has 0 unspecified atom stereocenters. The van der Waals surface area contributed by atoms with Gasteiger partial charge < -0.3 is 0 Å². The van der Waals surface area contributed by atoms with Gasteiger partial charge in [0.2, 0.25) is 0 Å². The van der Waals surface area contributed by atoms with E-state index in [1.807, 2.05) is 0 Å². The van der Waals surface area contributed by atoms with Gasteiger partial charge in [0.05, 0.1) is 16.3 Å². The monoisotopic (exact) mass is 289 g/mol. The van der Waals surface area contributed by atoms with Gasteiger partial charge in [0, 0.05) is 36.1 Å². The lowest BCUT2D eigenvalue weighted by Gasteiger charge is -2.16. The van der Waals surface area contributed by atoms with Gasteiger partial charge in [0.25, 0.3) is 0 Å². The highest BCUT2D eigenvalue weighted by molar-refractivity contribution is 6.40. The topological polar surface area (TPSA) is 0 Å². The number of fused-ring (bicyclic) bond motifs is 2. The summed E-state index contributed by atoms with van der Waals surface area (Å²) in [5.41, 5.74) is 2.71. The van der Waals surface area contributed by atoms with E-state index in [1.165, 1.54) is 49.9 Å². The van der Waals surface area contributed by atoms with Crippen molar-refractivity contribution >= 4 is 43.9 Å². The first-order valence-electron chi connectivity index (χ1n) is 7.55. The summed E-state index contributed by atoms with van der Waals surface area (Å²) in [5.74, 6) is 0. The number of hydrogen-bond acceptors (Lipinski definition) is 0. The molecule has 0 radical (unpaired) electrons. The average molecular weight is 290 g/mol. The van der Waals surface area contributed by atoms with Gasteiger partial charge in [0.1, 0.15) is 10.6 Å². The van der Waals surface area contributed by atoms with Crippen LogP contribution in [0.2, 0.25) is 5.02 Å². The minimum Gasteiger partial charge on any atom is -0.0672 e. The Labute approximate surface area is 128 Å². The zero-order valence-electron chi connectivity index (χ0n) is 11.6. The SMILES string of the molecule is Clc1c2c(c3ccc4cccc5ccc1c3c54)[CH+]CCC2. The van der Waals surface area contributed by atoms with Gasteiger partial charge >= 0.3 is 0 Å². The van der Waals surface area contributed by atoms with Crippen molar-refractivity contribution in [2.45, 2.75) is 19.3 Å². The number of hydrogen-bond donors (Lipinski definition) is 0. The third kappa shape index (κ3) is 1.43. The van der Waals surface area contributed by atoms with E-state index in [-0.39, 0.29) is 0 Å². The van der Waals surface area contributed by atoms with Crippen LogP contribution in [0.1, 0.15) is 24.0 Å². The summed E-state index contributed by atoms with van der Waals surface area (Å²) < 4.78 is 0. The minimum atomic E-state index is 0.965. The highest BCUT2D eigenvalue weighted by Gasteiger charge is 2.27. The molecule has 0 nitrogen and oxygen atoms in total. The van der Waals surface area contributed by atoms with E-state index in [0.29, 0.717) is 0 Å². The second-order valence-electron chi connectivity index (χ2n) is 5.98. The minimum absolute atomic E-state index is 0.965. The van der Waals surface area contributed by atoms with Crippen molar-refractivity contribution in [3.8, 4) is 0 Å². The first-order chi connectivity index (χ1) is 10.3. The highest BCUT2D eigenvalue weighted by Crippen LogP contribution is 2.44. The van der Waals surface area contributed by atoms with Crippen LogP contribution in [0.5, 0.6) is 0 Å². The van der Waals surface area contributed by atoms with Crippen molar-refractivity contribution in [2.75, 3.05) is 0 Å². The first-order valence-corrected chi connectivity index (χ1v) is 7.93. The van der Waals surface area contributed by atoms with Crippen molar-refractivity contribution in [1.82, 2.24) is 0 Å². The van der Waals surface area contributed by atoms with Gasteiger partial charge in [0.15, 0.2) is 0 Å². The van der Waals surface area contributed by atoms with Crippen LogP contribution in [0.4, 0.5) is 0 Å². The Morgan fingerprint density at radius 1 is 0.857 bits per heavy atom. The third-order valence-corrected chi connectivity index (χ3v) is 5.30. The predicted octanol–water partition coefficient (Wildman–Crippen LogP) is 6.13. The third-order valence-electron chi connectivity index (χ3n) is 4.87. The maximum absolute atomic E-state index is 6.76. The quantitative estimate of drug-likeness (QED) is 0.270. The van der Waals surface area contributed by atoms with Crippen molar-refractivity contribution in [1.29, 1.82) is 0 Å². The molecule has 21 heavy (non-hydrogen) atoms. The normalized spacial score (nSPS) is 14.7. The molecule has 0 saturated heterocycles. The summed E-state index contributed by atoms with van der Waals surface area (Å²) in [6.45, 7) is 0. The summed E-state index contributed by atoms with van der Waals surface area (Å²) in [6.07, 6.45) is 5.84. The molecular formula is C20H14Cl+. The lowest BCUT2D eigenvalue weighted by atomic mass is 9.83. The molecule has 4 aromatic carbocycles. The standard InChI is InChI=1S/C20H14Cl/c21-20-16-7-2-1-6-14(16)15-10-8-12-4-3-5-13-9-11-17(20)19(15)18(12)13/h3-6,8-11H,1-2,7H2/q+1. The summed E-state index contributed by atoms with van der Waals surface area (Å²) in [6, 6.07) is 15.4. The second-order valence-corrected chi connectivity index (χ2v) is 6.36. The molecule has 0 N–H and O–H groups in total. The van der Waals surface area contributed by atoms with E-state index in [4.69, 9.17) is 11.6 Å². The van der Waals surface area contributed by atoms with Crippen LogP contribution in [0, 0.1) is 6.42 Å². The van der Waals surface area contributed by atoms with Crippen molar-refractivity contribution in [2.24, 2.45) is 0 Å². The van der Waals surface area contributed by atoms with Crippen molar-refractivity contribution in [3.05, 3.63) is 65.0 Å². The fourth-order valence-electron chi connectivity index (χ4n) is 3.94. The Hall–Kier alpha value is -1.92. The van der Waals surface area contributed by atoms with E-state index in [1.54, 1.807) is 0 Å². The lowest BCUT2D eigenvalue weighted by Crippen LogP contribution is -2.03. The molecule has 0 saturated carbocycles. The molecular weight excluding hydrogens is 276 g/mol. The molecule has 4 aromatic rings. The van der Waals surface area contributed by atoms with E-state index in [9.17, 15) is 0 Å². The number of halogens is 1. The molecule has 0 amide bonds. The fraction of sp³-hybridized carbons (Fsp3) is 0.150. The second kappa shape index (κ2) is 4.05. The molecule has 100 valence electrons. The number of benzene rings is 4. The first kappa shape index (κ1) is 11.7. The van der Waals surface area contributed by atoms with Crippen LogP contribution in [0.15, 0.2) is 42.5 Å². The summed E-state index contributed by atoms with van der Waals surface area (Å²) >= 11 is 6.76. The molecule has 0 fully saturated rings. The number of rotatable bonds is 0. The van der Waals surface area contributed by atoms with Crippen LogP contribution >= 0.6 is 11.6 Å². The molecule has 1 aliphatic carbocycles. The van der Waals surface area contributed by atoms with Gasteiger partial charge in [-0.15, -0.1) is 0 Å². The fourth-order valence-corrected chi connectivity index (χ4v) is 4.29. The van der Waals surface area contributed by atoms with Gasteiger partial charge in [-0.05, 0) is 29.3 Å². The van der Waals surface area contributed by atoms with E-state index < -0.39 is 0 Å². The van der Waals surface area contributed by atoms with Crippen molar-refractivity contribution in [3.63, 3.8) is 0 Å². The lowest BCUT2D eigenvalue weighted by molar-refractivity contribution is 0.780. The van der Waals surface area contributed by atoms with Crippen LogP contribution in [0.3, 0.4) is 0 Å². The van der Waals surface area contributed by atoms with Gasteiger partial charge in [-0.2, -0.15) is 0 Å². The Bertz CT molecular complexity index is 981. The summed E-state index contributed by atoms with van der Waals surface area (Å²) in [7, 11) is 0. The average Bonchev–Trinajstić information content (AvgIpc) is 2.55. The van der Waals surface area contributed by atoms with Gasteiger partial charge in [-0.25, -0.2) is 0 Å². The molecule has 0 spiro atoms. The molecule has 5 rings (SSSR count). The van der Waals surface area contributed by atoms with Gasteiger partial charge in [-0.1, -0.05) is 35.9 Å². The van der Waals surface area contributed by atoms with Crippen molar-refractivity contribution < 1.29 is 0 Å². The van der Waals surface area contributed by atoms with E-state index in [2.05, 4.69) is 48.9 Å². The predicted molar refractivity (Wildman–Crippen MR) is 91.5 cm³/mol. The Morgan fingerprint density at radius 2 is 1.62 bits per heavy atom. The van der Waals surface area contributed by atoms with Gasteiger partial charge in [-0.3, -0.25) is 0 Å². The Kier molecular flexibility index (Phi) is 2.26. The molecule has 0 atom stereocenters. The molecule has 0 aromatic heterocycles. The highest BCUT2D eigenvalue weighted by atomic mass is 35.5. The maximum Gasteiger partial charge on any atom is 0.142 e. The van der Waals surface area contributed by atoms with Crippen LogP contribution < -0.4 is 0 Å². The van der Waals surface area contributed by atoms with Crippen LogP contribution in [-0.2, 0) is 6.42 Å². The smallest absolute Gasteiger partial charge is 0.0672 e. The summed E-state index contributed by atoms with van der Waals surface area (Å²) in [5, 5.41) is 8.85. The maximum atomic E-state index is 6.76. The molecule has 0 bridgehead atoms. The molecule has 0 aliphatic heterocycles. The molecule has 1 aliphatic rings. The van der Waals surface area contributed by atoms with E-state index in [0.717, 1.165) is 17.9 Å². The largest absolute Gasteiger partial charge is 0.142 e. The Balaban J connectivity index is 2.13. The Morgan fingerprint density at radius 3 is 2.43 bits per heavy atom. The summed E-state index contributed by atoms with van der Waals surface area (Å²) in [4.78, 5) is 0. The zero-order valence-corrected chi connectivity index (χ0v) is 12.4. The van der Waals surface area contributed by atoms with E-state index >= 15 is 0 Å². The zero-order chi connectivity index (χ0) is 14.0.